The Bertz CT molecular complexity index is 506. The second kappa shape index (κ2) is 4.71. The molecule has 0 unspecified atom stereocenters. The molecule has 0 amide bonds. The molecule has 2 aromatic carbocycles. The lowest BCUT2D eigenvalue weighted by molar-refractivity contribution is -0.107. The summed E-state index contributed by atoms with van der Waals surface area (Å²) in [6.45, 7) is 0. The monoisotopic (exact) mass is 214 g/mol. The van der Waals surface area contributed by atoms with E-state index in [1.165, 1.54) is 12.1 Å². The van der Waals surface area contributed by atoms with Gasteiger partial charge in [0.25, 0.3) is 0 Å². The van der Waals surface area contributed by atoms with Crippen molar-refractivity contribution in [3.05, 3.63) is 59.9 Å². The molecule has 0 aliphatic heterocycles. The van der Waals surface area contributed by atoms with Gasteiger partial charge in [0.1, 0.15) is 12.1 Å². The van der Waals surface area contributed by atoms with Gasteiger partial charge in [-0.25, -0.2) is 4.39 Å². The Hall–Kier alpha value is -1.96. The van der Waals surface area contributed by atoms with Gasteiger partial charge in [0, 0.05) is 6.42 Å². The molecule has 2 rings (SSSR count). The normalized spacial score (nSPS) is 10.1. The van der Waals surface area contributed by atoms with Crippen molar-refractivity contribution in [1.29, 1.82) is 0 Å². The van der Waals surface area contributed by atoms with Gasteiger partial charge in [-0.15, -0.1) is 0 Å². The number of carbonyl (C=O) groups is 1. The molecule has 0 aliphatic carbocycles. The highest BCUT2D eigenvalue weighted by Gasteiger charge is 2.04. The Balaban J connectivity index is 2.50. The van der Waals surface area contributed by atoms with Crippen LogP contribution in [0.4, 0.5) is 4.39 Å². The van der Waals surface area contributed by atoms with Crippen LogP contribution < -0.4 is 0 Å². The fraction of sp³-hybridized carbons (Fsp3) is 0.0714. The molecule has 2 aromatic rings. The van der Waals surface area contributed by atoms with Gasteiger partial charge >= 0.3 is 0 Å². The van der Waals surface area contributed by atoms with E-state index in [0.29, 0.717) is 6.42 Å². The predicted molar refractivity (Wildman–Crippen MR) is 61.6 cm³/mol. The third-order valence-electron chi connectivity index (χ3n) is 2.46. The van der Waals surface area contributed by atoms with E-state index in [2.05, 4.69) is 0 Å². The summed E-state index contributed by atoms with van der Waals surface area (Å²) >= 11 is 0. The van der Waals surface area contributed by atoms with Crippen LogP contribution in [0.15, 0.2) is 48.5 Å². The molecule has 0 saturated carbocycles. The number of hydrogen-bond acceptors (Lipinski definition) is 1. The van der Waals surface area contributed by atoms with Crippen LogP contribution in [-0.4, -0.2) is 6.29 Å². The maximum atomic E-state index is 13.1. The molecule has 2 heteroatoms. The van der Waals surface area contributed by atoms with Crippen LogP contribution in [0, 0.1) is 5.82 Å². The summed E-state index contributed by atoms with van der Waals surface area (Å²) in [4.78, 5) is 10.6. The van der Waals surface area contributed by atoms with Gasteiger partial charge in [0.15, 0.2) is 0 Å². The number of halogens is 1. The van der Waals surface area contributed by atoms with Crippen LogP contribution in [0.1, 0.15) is 5.56 Å². The van der Waals surface area contributed by atoms with Crippen LogP contribution in [-0.2, 0) is 11.2 Å². The lowest BCUT2D eigenvalue weighted by atomic mass is 9.98. The summed E-state index contributed by atoms with van der Waals surface area (Å²) < 4.78 is 13.1. The Kier molecular flexibility index (Phi) is 3.10. The Morgan fingerprint density at radius 3 is 2.62 bits per heavy atom. The lowest BCUT2D eigenvalue weighted by Crippen LogP contribution is -1.91. The average molecular weight is 214 g/mol. The van der Waals surface area contributed by atoms with E-state index in [9.17, 15) is 9.18 Å². The molecular formula is C14H11FO. The largest absolute Gasteiger partial charge is 0.303 e. The summed E-state index contributed by atoms with van der Waals surface area (Å²) in [7, 11) is 0. The van der Waals surface area contributed by atoms with Crippen LogP contribution >= 0.6 is 0 Å². The molecular weight excluding hydrogens is 203 g/mol. The third kappa shape index (κ3) is 2.16. The van der Waals surface area contributed by atoms with Crippen LogP contribution in [0.25, 0.3) is 11.1 Å². The predicted octanol–water partition coefficient (Wildman–Crippen LogP) is 3.23. The molecule has 0 radical (unpaired) electrons. The Labute approximate surface area is 93.5 Å². The van der Waals surface area contributed by atoms with E-state index in [1.54, 1.807) is 6.07 Å². The number of rotatable bonds is 3. The second-order valence-corrected chi connectivity index (χ2v) is 3.54. The second-order valence-electron chi connectivity index (χ2n) is 3.54. The molecule has 0 spiro atoms. The highest BCUT2D eigenvalue weighted by Crippen LogP contribution is 2.24. The summed E-state index contributed by atoms with van der Waals surface area (Å²) in [6.07, 6.45) is 1.21. The molecule has 0 aromatic heterocycles. The number of benzene rings is 2. The molecule has 0 fully saturated rings. The maximum Gasteiger partial charge on any atom is 0.124 e. The first-order chi connectivity index (χ1) is 7.81. The molecule has 0 saturated heterocycles. The van der Waals surface area contributed by atoms with Crippen molar-refractivity contribution in [3.8, 4) is 11.1 Å². The van der Waals surface area contributed by atoms with Gasteiger partial charge < -0.3 is 4.79 Å². The van der Waals surface area contributed by atoms with Gasteiger partial charge in [-0.05, 0) is 28.8 Å². The Morgan fingerprint density at radius 1 is 1.06 bits per heavy atom. The minimum atomic E-state index is -0.265. The molecule has 0 aliphatic rings. The quantitative estimate of drug-likeness (QED) is 0.717. The van der Waals surface area contributed by atoms with Crippen molar-refractivity contribution < 1.29 is 9.18 Å². The maximum absolute atomic E-state index is 13.1. The van der Waals surface area contributed by atoms with E-state index in [-0.39, 0.29) is 5.82 Å². The first-order valence-corrected chi connectivity index (χ1v) is 5.09. The van der Waals surface area contributed by atoms with E-state index < -0.39 is 0 Å². The van der Waals surface area contributed by atoms with E-state index >= 15 is 0 Å². The van der Waals surface area contributed by atoms with Crippen molar-refractivity contribution in [2.45, 2.75) is 6.42 Å². The zero-order valence-corrected chi connectivity index (χ0v) is 8.69. The smallest absolute Gasteiger partial charge is 0.124 e. The summed E-state index contributed by atoms with van der Waals surface area (Å²) in [5.41, 5.74) is 2.63. The average Bonchev–Trinajstić information content (AvgIpc) is 2.30. The minimum Gasteiger partial charge on any atom is -0.303 e. The number of hydrogen-bond donors (Lipinski definition) is 0. The molecule has 0 atom stereocenters. The zero-order valence-electron chi connectivity index (χ0n) is 8.69. The van der Waals surface area contributed by atoms with Crippen LogP contribution in [0.5, 0.6) is 0 Å². The Morgan fingerprint density at radius 2 is 1.88 bits per heavy atom. The van der Waals surface area contributed by atoms with Crippen LogP contribution in [0.3, 0.4) is 0 Å². The summed E-state index contributed by atoms with van der Waals surface area (Å²) in [5, 5.41) is 0. The molecule has 80 valence electrons. The molecule has 0 bridgehead atoms. The van der Waals surface area contributed by atoms with Crippen molar-refractivity contribution in [3.63, 3.8) is 0 Å². The summed E-state index contributed by atoms with van der Waals surface area (Å²) in [6, 6.07) is 13.9. The number of carbonyl (C=O) groups excluding carboxylic acids is 1. The van der Waals surface area contributed by atoms with E-state index in [1.807, 2.05) is 30.3 Å². The van der Waals surface area contributed by atoms with Gasteiger partial charge in [0.05, 0.1) is 0 Å². The number of aldehydes is 1. The zero-order chi connectivity index (χ0) is 11.4. The van der Waals surface area contributed by atoms with Gasteiger partial charge in [0.2, 0.25) is 0 Å². The van der Waals surface area contributed by atoms with E-state index in [0.717, 1.165) is 23.0 Å². The van der Waals surface area contributed by atoms with Crippen molar-refractivity contribution in [2.75, 3.05) is 0 Å². The fourth-order valence-corrected chi connectivity index (χ4v) is 1.73. The third-order valence-corrected chi connectivity index (χ3v) is 2.46. The van der Waals surface area contributed by atoms with E-state index in [4.69, 9.17) is 0 Å². The van der Waals surface area contributed by atoms with Crippen molar-refractivity contribution >= 4 is 6.29 Å². The van der Waals surface area contributed by atoms with Gasteiger partial charge in [-0.3, -0.25) is 0 Å². The molecule has 16 heavy (non-hydrogen) atoms. The molecule has 0 N–H and O–H groups in total. The highest BCUT2D eigenvalue weighted by molar-refractivity contribution is 5.71. The van der Waals surface area contributed by atoms with Gasteiger partial charge in [-0.2, -0.15) is 0 Å². The first-order valence-electron chi connectivity index (χ1n) is 5.09. The van der Waals surface area contributed by atoms with Gasteiger partial charge in [-0.1, -0.05) is 36.4 Å². The topological polar surface area (TPSA) is 17.1 Å². The minimum absolute atomic E-state index is 0.265. The standard InChI is InChI=1S/C14H11FO/c15-13-6-3-5-12(10-13)14-7-2-1-4-11(14)8-9-16/h1-7,9-10H,8H2. The molecule has 0 heterocycles. The van der Waals surface area contributed by atoms with Crippen molar-refractivity contribution in [1.82, 2.24) is 0 Å². The summed E-state index contributed by atoms with van der Waals surface area (Å²) in [5.74, 6) is -0.265. The fourth-order valence-electron chi connectivity index (χ4n) is 1.73. The lowest BCUT2D eigenvalue weighted by Gasteiger charge is -2.07. The highest BCUT2D eigenvalue weighted by atomic mass is 19.1. The SMILES string of the molecule is O=CCc1ccccc1-c1cccc(F)c1. The molecule has 1 nitrogen and oxygen atoms in total. The first kappa shape index (κ1) is 10.6. The van der Waals surface area contributed by atoms with Crippen LogP contribution in [0.2, 0.25) is 0 Å². The van der Waals surface area contributed by atoms with Crippen molar-refractivity contribution in [2.24, 2.45) is 0 Å².